The quantitative estimate of drug-likeness (QED) is 0.379. The van der Waals surface area contributed by atoms with Crippen molar-refractivity contribution in [2.24, 2.45) is 10.9 Å². The first kappa shape index (κ1) is 13.6. The van der Waals surface area contributed by atoms with Gasteiger partial charge >= 0.3 is 0 Å². The van der Waals surface area contributed by atoms with Crippen molar-refractivity contribution in [3.05, 3.63) is 23.4 Å². The lowest BCUT2D eigenvalue weighted by molar-refractivity contribution is 0.318. The smallest absolute Gasteiger partial charge is 0.174 e. The Morgan fingerprint density at radius 3 is 2.95 bits per heavy atom. The van der Waals surface area contributed by atoms with Crippen molar-refractivity contribution in [3.8, 4) is 0 Å². The van der Waals surface area contributed by atoms with Crippen molar-refractivity contribution < 1.29 is 5.21 Å². The third-order valence-electron chi connectivity index (χ3n) is 4.00. The van der Waals surface area contributed by atoms with Gasteiger partial charge < -0.3 is 15.8 Å². The first-order valence-corrected chi connectivity index (χ1v) is 6.82. The van der Waals surface area contributed by atoms with Gasteiger partial charge in [0, 0.05) is 18.3 Å². The number of hydrogen-bond donors (Lipinski definition) is 2. The van der Waals surface area contributed by atoms with Gasteiger partial charge in [0.25, 0.3) is 0 Å². The Morgan fingerprint density at radius 2 is 2.32 bits per heavy atom. The summed E-state index contributed by atoms with van der Waals surface area (Å²) in [5.74, 6) is 0.974. The van der Waals surface area contributed by atoms with Gasteiger partial charge in [-0.1, -0.05) is 12.1 Å². The number of pyridine rings is 1. The SMILES string of the molecule is CCC1CCC(C)N1c1nccc(C)c1/C(N)=N/O. The summed E-state index contributed by atoms with van der Waals surface area (Å²) in [5.41, 5.74) is 7.56. The summed E-state index contributed by atoms with van der Waals surface area (Å²) in [6.07, 6.45) is 5.19. The summed E-state index contributed by atoms with van der Waals surface area (Å²) < 4.78 is 0. The van der Waals surface area contributed by atoms with E-state index < -0.39 is 0 Å². The monoisotopic (exact) mass is 262 g/mol. The number of anilines is 1. The lowest BCUT2D eigenvalue weighted by Gasteiger charge is -2.31. The second kappa shape index (κ2) is 5.47. The predicted molar refractivity (Wildman–Crippen MR) is 76.7 cm³/mol. The van der Waals surface area contributed by atoms with E-state index in [-0.39, 0.29) is 5.84 Å². The molecule has 1 fully saturated rings. The highest BCUT2D eigenvalue weighted by Gasteiger charge is 2.32. The molecule has 0 aliphatic carbocycles. The second-order valence-corrected chi connectivity index (χ2v) is 5.21. The number of hydrogen-bond acceptors (Lipinski definition) is 4. The third kappa shape index (κ3) is 2.37. The van der Waals surface area contributed by atoms with Crippen molar-refractivity contribution in [3.63, 3.8) is 0 Å². The van der Waals surface area contributed by atoms with Crippen LogP contribution in [0.3, 0.4) is 0 Å². The maximum absolute atomic E-state index is 8.99. The van der Waals surface area contributed by atoms with Crippen LogP contribution in [-0.4, -0.2) is 28.1 Å². The van der Waals surface area contributed by atoms with E-state index in [2.05, 4.69) is 28.9 Å². The van der Waals surface area contributed by atoms with Crippen molar-refractivity contribution in [2.45, 2.75) is 52.1 Å². The number of nitrogens with two attached hydrogens (primary N) is 1. The molecule has 1 aromatic rings. The molecular formula is C14H22N4O. The Kier molecular flexibility index (Phi) is 3.93. The van der Waals surface area contributed by atoms with E-state index in [1.165, 1.54) is 6.42 Å². The van der Waals surface area contributed by atoms with Gasteiger partial charge in [-0.2, -0.15) is 0 Å². The van der Waals surface area contributed by atoms with Gasteiger partial charge in [0.1, 0.15) is 5.82 Å². The first-order valence-electron chi connectivity index (χ1n) is 6.82. The van der Waals surface area contributed by atoms with Crippen LogP contribution in [0.25, 0.3) is 0 Å². The summed E-state index contributed by atoms with van der Waals surface area (Å²) >= 11 is 0. The van der Waals surface area contributed by atoms with Crippen molar-refractivity contribution in [1.29, 1.82) is 0 Å². The minimum Gasteiger partial charge on any atom is -0.409 e. The molecule has 5 nitrogen and oxygen atoms in total. The van der Waals surface area contributed by atoms with E-state index in [4.69, 9.17) is 10.9 Å². The van der Waals surface area contributed by atoms with Crippen molar-refractivity contribution in [2.75, 3.05) is 4.90 Å². The van der Waals surface area contributed by atoms with Crippen LogP contribution in [0, 0.1) is 6.92 Å². The number of amidine groups is 1. The number of rotatable bonds is 3. The minimum atomic E-state index is 0.134. The average molecular weight is 262 g/mol. The molecule has 2 heterocycles. The van der Waals surface area contributed by atoms with Crippen LogP contribution in [-0.2, 0) is 0 Å². The van der Waals surface area contributed by atoms with Gasteiger partial charge in [-0.25, -0.2) is 4.98 Å². The zero-order chi connectivity index (χ0) is 14.0. The topological polar surface area (TPSA) is 74.7 Å². The van der Waals surface area contributed by atoms with E-state index in [0.29, 0.717) is 12.1 Å². The average Bonchev–Trinajstić information content (AvgIpc) is 2.78. The van der Waals surface area contributed by atoms with E-state index >= 15 is 0 Å². The molecule has 2 unspecified atom stereocenters. The fraction of sp³-hybridized carbons (Fsp3) is 0.571. The summed E-state index contributed by atoms with van der Waals surface area (Å²) in [6.45, 7) is 6.35. The third-order valence-corrected chi connectivity index (χ3v) is 4.00. The van der Waals surface area contributed by atoms with Crippen molar-refractivity contribution >= 4 is 11.7 Å². The van der Waals surface area contributed by atoms with Crippen LogP contribution >= 0.6 is 0 Å². The van der Waals surface area contributed by atoms with E-state index in [1.54, 1.807) is 6.20 Å². The molecular weight excluding hydrogens is 240 g/mol. The first-order chi connectivity index (χ1) is 9.10. The number of oxime groups is 1. The number of aryl methyl sites for hydroxylation is 1. The fourth-order valence-electron chi connectivity index (χ4n) is 2.96. The number of aromatic nitrogens is 1. The van der Waals surface area contributed by atoms with Crippen LogP contribution in [0.4, 0.5) is 5.82 Å². The molecule has 5 heteroatoms. The second-order valence-electron chi connectivity index (χ2n) is 5.21. The Morgan fingerprint density at radius 1 is 1.58 bits per heavy atom. The van der Waals surface area contributed by atoms with Crippen LogP contribution < -0.4 is 10.6 Å². The maximum Gasteiger partial charge on any atom is 0.174 e. The summed E-state index contributed by atoms with van der Waals surface area (Å²) in [6, 6.07) is 2.80. The zero-order valence-corrected chi connectivity index (χ0v) is 11.8. The Labute approximate surface area is 114 Å². The lowest BCUT2D eigenvalue weighted by atomic mass is 10.1. The molecule has 0 saturated carbocycles. The molecule has 1 aromatic heterocycles. The highest BCUT2D eigenvalue weighted by atomic mass is 16.4. The van der Waals surface area contributed by atoms with Gasteiger partial charge in [0.2, 0.25) is 0 Å². The maximum atomic E-state index is 8.99. The molecule has 3 N–H and O–H groups in total. The molecule has 1 aliphatic heterocycles. The van der Waals surface area contributed by atoms with Gasteiger partial charge in [-0.3, -0.25) is 0 Å². The van der Waals surface area contributed by atoms with Crippen molar-refractivity contribution in [1.82, 2.24) is 4.98 Å². The molecule has 1 saturated heterocycles. The highest BCUT2D eigenvalue weighted by Crippen LogP contribution is 2.33. The van der Waals surface area contributed by atoms with Crippen LogP contribution in [0.15, 0.2) is 17.4 Å². The molecule has 2 atom stereocenters. The lowest BCUT2D eigenvalue weighted by Crippen LogP contribution is -2.37. The fourth-order valence-corrected chi connectivity index (χ4v) is 2.96. The molecule has 0 spiro atoms. The summed E-state index contributed by atoms with van der Waals surface area (Å²) in [7, 11) is 0. The standard InChI is InChI=1S/C14H22N4O/c1-4-11-6-5-10(3)18(11)14-12(13(15)17-19)9(2)7-8-16-14/h7-8,10-11,19H,4-6H2,1-3H3,(H2,15,17). The van der Waals surface area contributed by atoms with Gasteiger partial charge in [0.15, 0.2) is 5.84 Å². The summed E-state index contributed by atoms with van der Waals surface area (Å²) in [5, 5.41) is 12.1. The molecule has 0 bridgehead atoms. The molecule has 0 radical (unpaired) electrons. The Balaban J connectivity index is 2.53. The normalized spacial score (nSPS) is 23.9. The Bertz CT molecular complexity index is 486. The molecule has 0 amide bonds. The van der Waals surface area contributed by atoms with E-state index in [1.807, 2.05) is 13.0 Å². The van der Waals surface area contributed by atoms with Gasteiger partial charge in [0.05, 0.1) is 5.56 Å². The minimum absolute atomic E-state index is 0.134. The van der Waals surface area contributed by atoms with Gasteiger partial charge in [-0.15, -0.1) is 0 Å². The van der Waals surface area contributed by atoms with Gasteiger partial charge in [-0.05, 0) is 44.7 Å². The van der Waals surface area contributed by atoms with E-state index in [0.717, 1.165) is 29.8 Å². The van der Waals surface area contributed by atoms with E-state index in [9.17, 15) is 0 Å². The van der Waals surface area contributed by atoms with Crippen LogP contribution in [0.2, 0.25) is 0 Å². The van der Waals surface area contributed by atoms with Crippen LogP contribution in [0.1, 0.15) is 44.2 Å². The predicted octanol–water partition coefficient (Wildman–Crippen LogP) is 2.25. The Hall–Kier alpha value is -1.78. The summed E-state index contributed by atoms with van der Waals surface area (Å²) in [4.78, 5) is 6.81. The molecule has 2 rings (SSSR count). The molecule has 1 aliphatic rings. The molecule has 19 heavy (non-hydrogen) atoms. The molecule has 104 valence electrons. The zero-order valence-electron chi connectivity index (χ0n) is 11.8. The molecule has 0 aromatic carbocycles. The number of nitrogens with zero attached hydrogens (tertiary/aromatic N) is 3. The van der Waals surface area contributed by atoms with Crippen LogP contribution in [0.5, 0.6) is 0 Å². The largest absolute Gasteiger partial charge is 0.409 e. The highest BCUT2D eigenvalue weighted by molar-refractivity contribution is 6.02.